The molecular weight excluding hydrogens is 283 g/mol. The van der Waals surface area contributed by atoms with Crippen LogP contribution in [0, 0.1) is 5.82 Å². The van der Waals surface area contributed by atoms with E-state index in [2.05, 4.69) is 5.32 Å². The van der Waals surface area contributed by atoms with Gasteiger partial charge in [0, 0.05) is 12.8 Å². The standard InChI is InChI=1S/C13H19FN2O3S/c1-16(2)12(10-5-4-6-11(14)9-10)13(17)15-7-8-20(3,18)19/h4-6,9,12H,7-8H2,1-3H3,(H,15,17). The monoisotopic (exact) mass is 302 g/mol. The van der Waals surface area contributed by atoms with Gasteiger partial charge < -0.3 is 5.32 Å². The Balaban J connectivity index is 2.79. The van der Waals surface area contributed by atoms with E-state index in [-0.39, 0.29) is 18.2 Å². The number of sulfone groups is 1. The van der Waals surface area contributed by atoms with Gasteiger partial charge in [-0.05, 0) is 31.8 Å². The van der Waals surface area contributed by atoms with Crippen LogP contribution < -0.4 is 5.32 Å². The minimum Gasteiger partial charge on any atom is -0.353 e. The molecule has 0 heterocycles. The fourth-order valence-corrected chi connectivity index (χ4v) is 2.29. The van der Waals surface area contributed by atoms with Crippen molar-refractivity contribution < 1.29 is 17.6 Å². The van der Waals surface area contributed by atoms with Crippen LogP contribution in [0.15, 0.2) is 24.3 Å². The van der Waals surface area contributed by atoms with Crippen molar-refractivity contribution in [2.75, 3.05) is 32.6 Å². The van der Waals surface area contributed by atoms with Gasteiger partial charge in [0.1, 0.15) is 21.7 Å². The first-order valence-corrected chi connectivity index (χ1v) is 8.14. The lowest BCUT2D eigenvalue weighted by atomic mass is 10.1. The maximum Gasteiger partial charge on any atom is 0.241 e. The van der Waals surface area contributed by atoms with E-state index in [1.165, 1.54) is 18.2 Å². The molecule has 0 aliphatic rings. The molecule has 0 fully saturated rings. The normalized spacial score (nSPS) is 13.2. The molecule has 1 atom stereocenters. The highest BCUT2D eigenvalue weighted by Crippen LogP contribution is 2.19. The third kappa shape index (κ3) is 5.26. The van der Waals surface area contributed by atoms with Crippen LogP contribution in [0.4, 0.5) is 4.39 Å². The number of carbonyl (C=O) groups excluding carboxylic acids is 1. The van der Waals surface area contributed by atoms with E-state index in [1.54, 1.807) is 25.1 Å². The lowest BCUT2D eigenvalue weighted by Crippen LogP contribution is -2.39. The Hall–Kier alpha value is -1.47. The Morgan fingerprint density at radius 1 is 1.40 bits per heavy atom. The van der Waals surface area contributed by atoms with E-state index in [0.29, 0.717) is 5.56 Å². The van der Waals surface area contributed by atoms with Crippen molar-refractivity contribution in [3.8, 4) is 0 Å². The molecule has 1 aromatic carbocycles. The predicted octanol–water partition coefficient (Wildman–Crippen LogP) is 0.589. The summed E-state index contributed by atoms with van der Waals surface area (Å²) in [7, 11) is 0.275. The van der Waals surface area contributed by atoms with Crippen molar-refractivity contribution in [1.82, 2.24) is 10.2 Å². The summed E-state index contributed by atoms with van der Waals surface area (Å²) >= 11 is 0. The summed E-state index contributed by atoms with van der Waals surface area (Å²) in [5.74, 6) is -0.898. The summed E-state index contributed by atoms with van der Waals surface area (Å²) in [5, 5.41) is 2.56. The molecule has 0 saturated carbocycles. The predicted molar refractivity (Wildman–Crippen MR) is 75.5 cm³/mol. The van der Waals surface area contributed by atoms with Gasteiger partial charge in [0.05, 0.1) is 5.75 Å². The molecule has 5 nitrogen and oxygen atoms in total. The third-order valence-electron chi connectivity index (χ3n) is 2.70. The van der Waals surface area contributed by atoms with Crippen LogP contribution in [0.25, 0.3) is 0 Å². The zero-order valence-electron chi connectivity index (χ0n) is 11.8. The van der Waals surface area contributed by atoms with E-state index in [9.17, 15) is 17.6 Å². The number of likely N-dealkylation sites (N-methyl/N-ethyl adjacent to an activating group) is 1. The molecule has 0 aliphatic heterocycles. The number of nitrogens with one attached hydrogen (secondary N) is 1. The van der Waals surface area contributed by atoms with Crippen molar-refractivity contribution in [2.24, 2.45) is 0 Å². The van der Waals surface area contributed by atoms with E-state index >= 15 is 0 Å². The second kappa shape index (κ2) is 6.81. The molecule has 0 radical (unpaired) electrons. The molecule has 1 unspecified atom stereocenters. The Labute approximate surface area is 118 Å². The van der Waals surface area contributed by atoms with E-state index < -0.39 is 21.7 Å². The van der Waals surface area contributed by atoms with Crippen LogP contribution in [0.3, 0.4) is 0 Å². The molecular formula is C13H19FN2O3S. The summed E-state index contributed by atoms with van der Waals surface area (Å²) < 4.78 is 35.3. The first-order chi connectivity index (χ1) is 9.20. The minimum atomic E-state index is -3.13. The van der Waals surface area contributed by atoms with Gasteiger partial charge in [0.15, 0.2) is 0 Å². The second-order valence-corrected chi connectivity index (χ2v) is 7.10. The Morgan fingerprint density at radius 2 is 2.05 bits per heavy atom. The van der Waals surface area contributed by atoms with E-state index in [1.807, 2.05) is 0 Å². The Morgan fingerprint density at radius 3 is 2.55 bits per heavy atom. The minimum absolute atomic E-state index is 0.0390. The Bertz CT molecular complexity index is 573. The first-order valence-electron chi connectivity index (χ1n) is 6.08. The lowest BCUT2D eigenvalue weighted by Gasteiger charge is -2.23. The zero-order chi connectivity index (χ0) is 15.3. The first kappa shape index (κ1) is 16.6. The second-order valence-electron chi connectivity index (χ2n) is 4.84. The number of hydrogen-bond donors (Lipinski definition) is 1. The van der Waals surface area contributed by atoms with Crippen molar-refractivity contribution in [3.63, 3.8) is 0 Å². The molecule has 1 amide bonds. The van der Waals surface area contributed by atoms with Crippen molar-refractivity contribution in [1.29, 1.82) is 0 Å². The molecule has 1 N–H and O–H groups in total. The number of halogens is 1. The van der Waals surface area contributed by atoms with Gasteiger partial charge in [0.25, 0.3) is 0 Å². The molecule has 0 saturated heterocycles. The van der Waals surface area contributed by atoms with Crippen LogP contribution in [0.1, 0.15) is 11.6 Å². The van der Waals surface area contributed by atoms with Gasteiger partial charge in [0.2, 0.25) is 5.91 Å². The maximum absolute atomic E-state index is 13.2. The quantitative estimate of drug-likeness (QED) is 0.835. The topological polar surface area (TPSA) is 66.5 Å². The number of rotatable bonds is 6. The number of hydrogen-bond acceptors (Lipinski definition) is 4. The van der Waals surface area contributed by atoms with E-state index in [4.69, 9.17) is 0 Å². The Kier molecular flexibility index (Phi) is 5.64. The number of nitrogens with zero attached hydrogens (tertiary/aromatic N) is 1. The van der Waals surface area contributed by atoms with Crippen molar-refractivity contribution >= 4 is 15.7 Å². The summed E-state index contributed by atoms with van der Waals surface area (Å²) in [5.41, 5.74) is 0.520. The molecule has 1 rings (SSSR count). The maximum atomic E-state index is 13.2. The van der Waals surface area contributed by atoms with Gasteiger partial charge in [-0.3, -0.25) is 9.69 Å². The van der Waals surface area contributed by atoms with Gasteiger partial charge in [-0.15, -0.1) is 0 Å². The molecule has 0 aliphatic carbocycles. The lowest BCUT2D eigenvalue weighted by molar-refractivity contribution is -0.125. The van der Waals surface area contributed by atoms with Crippen LogP contribution in [-0.2, 0) is 14.6 Å². The fourth-order valence-electron chi connectivity index (χ4n) is 1.82. The molecule has 7 heteroatoms. The number of benzene rings is 1. The summed E-state index contributed by atoms with van der Waals surface area (Å²) in [6, 6.07) is 5.12. The number of amides is 1. The largest absolute Gasteiger partial charge is 0.353 e. The molecule has 0 spiro atoms. The average molecular weight is 302 g/mol. The smallest absolute Gasteiger partial charge is 0.241 e. The average Bonchev–Trinajstić information content (AvgIpc) is 2.26. The zero-order valence-corrected chi connectivity index (χ0v) is 12.6. The highest BCUT2D eigenvalue weighted by molar-refractivity contribution is 7.90. The molecule has 0 aromatic heterocycles. The van der Waals surface area contributed by atoms with Gasteiger partial charge in [-0.1, -0.05) is 12.1 Å². The third-order valence-corrected chi connectivity index (χ3v) is 3.65. The van der Waals surface area contributed by atoms with Crippen molar-refractivity contribution in [3.05, 3.63) is 35.6 Å². The number of carbonyl (C=O) groups is 1. The van der Waals surface area contributed by atoms with Crippen LogP contribution in [0.5, 0.6) is 0 Å². The van der Waals surface area contributed by atoms with Crippen LogP contribution >= 0.6 is 0 Å². The van der Waals surface area contributed by atoms with Crippen molar-refractivity contribution in [2.45, 2.75) is 6.04 Å². The highest BCUT2D eigenvalue weighted by atomic mass is 32.2. The molecule has 1 aromatic rings. The van der Waals surface area contributed by atoms with Crippen LogP contribution in [-0.4, -0.2) is 51.9 Å². The summed E-state index contributed by atoms with van der Waals surface area (Å²) in [4.78, 5) is 13.8. The van der Waals surface area contributed by atoms with Gasteiger partial charge in [-0.2, -0.15) is 0 Å². The summed E-state index contributed by atoms with van der Waals surface area (Å²) in [6.45, 7) is 0.0390. The molecule has 112 valence electrons. The van der Waals surface area contributed by atoms with Crippen LogP contribution in [0.2, 0.25) is 0 Å². The van der Waals surface area contributed by atoms with Gasteiger partial charge in [-0.25, -0.2) is 12.8 Å². The SMILES string of the molecule is CN(C)C(C(=O)NCCS(C)(=O)=O)c1cccc(F)c1. The van der Waals surface area contributed by atoms with Gasteiger partial charge >= 0.3 is 0 Å². The molecule has 20 heavy (non-hydrogen) atoms. The van der Waals surface area contributed by atoms with E-state index in [0.717, 1.165) is 6.26 Å². The summed E-state index contributed by atoms with van der Waals surface area (Å²) in [6.07, 6.45) is 1.11. The fraction of sp³-hybridized carbons (Fsp3) is 0.462. The highest BCUT2D eigenvalue weighted by Gasteiger charge is 2.23. The molecule has 0 bridgehead atoms.